The van der Waals surface area contributed by atoms with Crippen LogP contribution < -0.4 is 0 Å². The molecular weight excluding hydrogens is 161 g/mol. The zero-order valence-electron chi connectivity index (χ0n) is 6.37. The highest BCUT2D eigenvalue weighted by molar-refractivity contribution is 5.95. The van der Waals surface area contributed by atoms with Crippen LogP contribution in [0.1, 0.15) is 17.3 Å². The number of carbonyl (C=O) groups excluding carboxylic acids is 1. The van der Waals surface area contributed by atoms with Crippen molar-refractivity contribution in [1.29, 1.82) is 0 Å². The molecule has 0 fully saturated rings. The van der Waals surface area contributed by atoms with Crippen molar-refractivity contribution < 1.29 is 9.18 Å². The Hall–Kier alpha value is -1.58. The zero-order valence-corrected chi connectivity index (χ0v) is 6.37. The normalized spacial score (nSPS) is 9.50. The Balaban J connectivity index is 3.32. The number of nitrogens with zero attached hydrogens (tertiary/aromatic N) is 1. The van der Waals surface area contributed by atoms with Gasteiger partial charge in [0.2, 0.25) is 0 Å². The fourth-order valence-electron chi connectivity index (χ4n) is 0.862. The minimum absolute atomic E-state index is 0.105. The van der Waals surface area contributed by atoms with E-state index in [0.717, 1.165) is 0 Å². The molecule has 0 N–H and O–H groups in total. The number of rotatable bonds is 2. The Morgan fingerprint density at radius 3 is 2.67 bits per heavy atom. The predicted molar refractivity (Wildman–Crippen MR) is 41.9 cm³/mol. The lowest BCUT2D eigenvalue weighted by molar-refractivity contribution is 0.101. The molecule has 0 aliphatic rings. The van der Waals surface area contributed by atoms with Gasteiger partial charge in [0, 0.05) is 0 Å². The lowest BCUT2D eigenvalue weighted by Crippen LogP contribution is -1.96. The van der Waals surface area contributed by atoms with E-state index in [-0.39, 0.29) is 11.3 Å². The topological polar surface area (TPSA) is 46.5 Å². The molecule has 0 spiro atoms. The molecule has 1 aromatic carbocycles. The summed E-state index contributed by atoms with van der Waals surface area (Å²) in [4.78, 5) is 20.8. The van der Waals surface area contributed by atoms with E-state index in [1.807, 2.05) is 0 Å². The molecule has 0 amide bonds. The van der Waals surface area contributed by atoms with Crippen LogP contribution in [0.2, 0.25) is 0 Å². The van der Waals surface area contributed by atoms with Crippen LogP contribution in [0, 0.1) is 10.7 Å². The molecule has 0 aromatic heterocycles. The van der Waals surface area contributed by atoms with Gasteiger partial charge in [-0.2, -0.15) is 0 Å². The Morgan fingerprint density at radius 1 is 1.50 bits per heavy atom. The third-order valence-corrected chi connectivity index (χ3v) is 1.46. The quantitative estimate of drug-likeness (QED) is 0.501. The van der Waals surface area contributed by atoms with E-state index < -0.39 is 11.6 Å². The smallest absolute Gasteiger partial charge is 0.163 e. The maximum absolute atomic E-state index is 13.0. The van der Waals surface area contributed by atoms with Gasteiger partial charge in [-0.05, 0) is 24.2 Å². The van der Waals surface area contributed by atoms with Crippen molar-refractivity contribution in [3.05, 3.63) is 34.5 Å². The van der Waals surface area contributed by atoms with Crippen LogP contribution in [-0.4, -0.2) is 5.78 Å². The lowest BCUT2D eigenvalue weighted by atomic mass is 10.1. The van der Waals surface area contributed by atoms with Crippen molar-refractivity contribution in [1.82, 2.24) is 0 Å². The molecule has 1 aromatic rings. The standard InChI is InChI=1S/C8H6FNO2/c1-5(11)6-3-2-4-7(10-12)8(6)9/h2-4H,1H3. The Bertz CT molecular complexity index is 336. The number of carbonyl (C=O) groups is 1. The van der Waals surface area contributed by atoms with Gasteiger partial charge in [0.1, 0.15) is 5.69 Å². The Labute approximate surface area is 68.2 Å². The van der Waals surface area contributed by atoms with Crippen LogP contribution in [0.3, 0.4) is 0 Å². The Kier molecular flexibility index (Phi) is 2.28. The van der Waals surface area contributed by atoms with Crippen molar-refractivity contribution in [2.75, 3.05) is 0 Å². The largest absolute Gasteiger partial charge is 0.294 e. The first-order valence-electron chi connectivity index (χ1n) is 3.29. The van der Waals surface area contributed by atoms with Crippen LogP contribution in [0.15, 0.2) is 23.4 Å². The fourth-order valence-corrected chi connectivity index (χ4v) is 0.862. The molecule has 0 heterocycles. The van der Waals surface area contributed by atoms with Crippen molar-refractivity contribution >= 4 is 11.5 Å². The Morgan fingerprint density at radius 2 is 2.17 bits per heavy atom. The second kappa shape index (κ2) is 3.21. The van der Waals surface area contributed by atoms with Gasteiger partial charge < -0.3 is 0 Å². The maximum atomic E-state index is 13.0. The number of hydrogen-bond donors (Lipinski definition) is 0. The van der Waals surface area contributed by atoms with Crippen molar-refractivity contribution in [2.45, 2.75) is 6.92 Å². The van der Waals surface area contributed by atoms with Crippen LogP contribution in [0.25, 0.3) is 0 Å². The minimum Gasteiger partial charge on any atom is -0.294 e. The number of benzene rings is 1. The van der Waals surface area contributed by atoms with E-state index in [4.69, 9.17) is 0 Å². The molecule has 0 aliphatic carbocycles. The average Bonchev–Trinajstić information content (AvgIpc) is 2.04. The molecule has 12 heavy (non-hydrogen) atoms. The SMILES string of the molecule is CC(=O)c1cccc(N=O)c1F. The molecule has 0 saturated heterocycles. The minimum atomic E-state index is -0.847. The number of ketones is 1. The summed E-state index contributed by atoms with van der Waals surface area (Å²) in [7, 11) is 0. The fraction of sp³-hybridized carbons (Fsp3) is 0.125. The molecule has 1 rings (SSSR count). The van der Waals surface area contributed by atoms with Crippen LogP contribution in [-0.2, 0) is 0 Å². The van der Waals surface area contributed by atoms with Gasteiger partial charge in [0.25, 0.3) is 0 Å². The molecular formula is C8H6FNO2. The molecule has 0 radical (unpaired) electrons. The van der Waals surface area contributed by atoms with Crippen molar-refractivity contribution in [3.63, 3.8) is 0 Å². The highest BCUT2D eigenvalue weighted by atomic mass is 19.1. The van der Waals surface area contributed by atoms with Gasteiger partial charge in [-0.15, -0.1) is 4.91 Å². The van der Waals surface area contributed by atoms with E-state index in [1.165, 1.54) is 25.1 Å². The summed E-state index contributed by atoms with van der Waals surface area (Å²) in [5, 5.41) is 2.44. The molecule has 0 saturated carbocycles. The molecule has 3 nitrogen and oxygen atoms in total. The van der Waals surface area contributed by atoms with Gasteiger partial charge in [0.05, 0.1) is 5.56 Å². The molecule has 0 bridgehead atoms. The number of halogens is 1. The number of nitroso groups, excluding NO2 is 1. The number of Topliss-reactive ketones (excluding diaryl/α,β-unsaturated/α-hetero) is 1. The second-order valence-corrected chi connectivity index (χ2v) is 2.29. The summed E-state index contributed by atoms with van der Waals surface area (Å²) in [6.07, 6.45) is 0. The summed E-state index contributed by atoms with van der Waals surface area (Å²) >= 11 is 0. The zero-order chi connectivity index (χ0) is 9.14. The van der Waals surface area contributed by atoms with Crippen LogP contribution in [0.4, 0.5) is 10.1 Å². The van der Waals surface area contributed by atoms with Crippen molar-refractivity contribution in [2.24, 2.45) is 5.18 Å². The molecule has 0 aliphatic heterocycles. The van der Waals surface area contributed by atoms with Gasteiger partial charge >= 0.3 is 0 Å². The first kappa shape index (κ1) is 8.52. The van der Waals surface area contributed by atoms with E-state index >= 15 is 0 Å². The van der Waals surface area contributed by atoms with Crippen LogP contribution >= 0.6 is 0 Å². The van der Waals surface area contributed by atoms with Crippen molar-refractivity contribution in [3.8, 4) is 0 Å². The van der Waals surface area contributed by atoms with Gasteiger partial charge in [-0.3, -0.25) is 4.79 Å². The summed E-state index contributed by atoms with van der Waals surface area (Å²) < 4.78 is 13.0. The highest BCUT2D eigenvalue weighted by Gasteiger charge is 2.10. The first-order valence-corrected chi connectivity index (χ1v) is 3.29. The monoisotopic (exact) mass is 167 g/mol. The molecule has 0 unspecified atom stereocenters. The molecule has 0 atom stereocenters. The van der Waals surface area contributed by atoms with Gasteiger partial charge in [-0.1, -0.05) is 6.07 Å². The first-order chi connectivity index (χ1) is 5.66. The lowest BCUT2D eigenvalue weighted by Gasteiger charge is -1.97. The average molecular weight is 167 g/mol. The summed E-state index contributed by atoms with van der Waals surface area (Å²) in [6.45, 7) is 1.23. The summed E-state index contributed by atoms with van der Waals surface area (Å²) in [6, 6.07) is 3.94. The van der Waals surface area contributed by atoms with Gasteiger partial charge in [-0.25, -0.2) is 4.39 Å². The third-order valence-electron chi connectivity index (χ3n) is 1.46. The van der Waals surface area contributed by atoms with Gasteiger partial charge in [0.15, 0.2) is 11.6 Å². The second-order valence-electron chi connectivity index (χ2n) is 2.29. The summed E-state index contributed by atoms with van der Waals surface area (Å²) in [5.41, 5.74) is -0.435. The summed E-state index contributed by atoms with van der Waals surface area (Å²) in [5.74, 6) is -1.27. The van der Waals surface area contributed by atoms with Crippen LogP contribution in [0.5, 0.6) is 0 Å². The molecule has 62 valence electrons. The maximum Gasteiger partial charge on any atom is 0.163 e. The van der Waals surface area contributed by atoms with E-state index in [9.17, 15) is 14.1 Å². The van der Waals surface area contributed by atoms with E-state index in [1.54, 1.807) is 0 Å². The number of hydrogen-bond acceptors (Lipinski definition) is 3. The predicted octanol–water partition coefficient (Wildman–Crippen LogP) is 2.43. The molecule has 4 heteroatoms. The van der Waals surface area contributed by atoms with E-state index in [2.05, 4.69) is 5.18 Å². The van der Waals surface area contributed by atoms with E-state index in [0.29, 0.717) is 0 Å². The third kappa shape index (κ3) is 1.37. The highest BCUT2D eigenvalue weighted by Crippen LogP contribution is 2.20.